The van der Waals surface area contributed by atoms with Gasteiger partial charge in [-0.1, -0.05) is 41.5 Å². The van der Waals surface area contributed by atoms with Crippen molar-refractivity contribution in [2.75, 3.05) is 7.11 Å². The van der Waals surface area contributed by atoms with Crippen molar-refractivity contribution in [2.24, 2.45) is 0 Å². The molecule has 0 saturated carbocycles. The molecule has 0 aliphatic rings. The molecule has 0 unspecified atom stereocenters. The van der Waals surface area contributed by atoms with Crippen molar-refractivity contribution in [3.8, 4) is 17.2 Å². The number of allylic oxidation sites excluding steroid dienone is 5. The van der Waals surface area contributed by atoms with Crippen molar-refractivity contribution in [3.63, 3.8) is 0 Å². The smallest absolute Gasteiger partial charge is 0.189 e. The van der Waals surface area contributed by atoms with Gasteiger partial charge in [-0.05, 0) is 75.9 Å². The van der Waals surface area contributed by atoms with E-state index < -0.39 is 0 Å². The molecule has 30 heavy (non-hydrogen) atoms. The number of phenolic OH excluding ortho intramolecular Hbond substituents is 2. The van der Waals surface area contributed by atoms with E-state index in [0.717, 1.165) is 18.4 Å². The lowest BCUT2D eigenvalue weighted by molar-refractivity contribution is 0.104. The highest BCUT2D eigenvalue weighted by atomic mass is 16.5. The van der Waals surface area contributed by atoms with E-state index in [2.05, 4.69) is 32.9 Å². The standard InChI is InChI=1S/C26H30O4/c1-18(2)6-5-7-19(3)8-14-23-25(30-4)17-15-22(26(23)29)24(28)16-11-20-9-12-21(27)13-10-20/h6,8-13,15-17,27,29H,5,7,14H2,1-4H3. The fraction of sp³-hybridized carbons (Fsp3) is 0.269. The van der Waals surface area contributed by atoms with Gasteiger partial charge in [0, 0.05) is 5.56 Å². The topological polar surface area (TPSA) is 66.8 Å². The minimum atomic E-state index is -0.297. The molecule has 0 aliphatic carbocycles. The maximum absolute atomic E-state index is 12.6. The summed E-state index contributed by atoms with van der Waals surface area (Å²) in [5.41, 5.74) is 4.13. The number of hydrogen-bond acceptors (Lipinski definition) is 4. The highest BCUT2D eigenvalue weighted by Gasteiger charge is 2.16. The van der Waals surface area contributed by atoms with Gasteiger partial charge < -0.3 is 14.9 Å². The lowest BCUT2D eigenvalue weighted by atomic mass is 9.99. The van der Waals surface area contributed by atoms with Gasteiger partial charge in [0.25, 0.3) is 0 Å². The Balaban J connectivity index is 2.21. The predicted molar refractivity (Wildman–Crippen MR) is 122 cm³/mol. The van der Waals surface area contributed by atoms with Crippen molar-refractivity contribution < 1.29 is 19.7 Å². The molecule has 0 aromatic heterocycles. The van der Waals surface area contributed by atoms with Crippen molar-refractivity contribution in [2.45, 2.75) is 40.0 Å². The minimum absolute atomic E-state index is 0.0527. The molecule has 0 heterocycles. The van der Waals surface area contributed by atoms with E-state index in [1.165, 1.54) is 17.2 Å². The van der Waals surface area contributed by atoms with Gasteiger partial charge in [-0.2, -0.15) is 0 Å². The molecule has 158 valence electrons. The van der Waals surface area contributed by atoms with Crippen LogP contribution in [0.4, 0.5) is 0 Å². The Morgan fingerprint density at radius 2 is 1.70 bits per heavy atom. The van der Waals surface area contributed by atoms with E-state index in [-0.39, 0.29) is 22.8 Å². The van der Waals surface area contributed by atoms with Gasteiger partial charge in [0.2, 0.25) is 0 Å². The molecule has 0 fully saturated rings. The van der Waals surface area contributed by atoms with Crippen LogP contribution < -0.4 is 4.74 Å². The Kier molecular flexibility index (Phi) is 8.48. The molecule has 0 radical (unpaired) electrons. The monoisotopic (exact) mass is 406 g/mol. The molecular weight excluding hydrogens is 376 g/mol. The molecule has 0 saturated heterocycles. The van der Waals surface area contributed by atoms with Crippen LogP contribution in [0.1, 0.15) is 55.1 Å². The summed E-state index contributed by atoms with van der Waals surface area (Å²) in [6.45, 7) is 6.24. The Hall–Kier alpha value is -3.27. The van der Waals surface area contributed by atoms with Gasteiger partial charge in [0.1, 0.15) is 17.2 Å². The molecule has 2 N–H and O–H groups in total. The molecule has 4 heteroatoms. The summed E-state index contributed by atoms with van der Waals surface area (Å²) in [6.07, 6.45) is 9.75. The maximum Gasteiger partial charge on any atom is 0.189 e. The predicted octanol–water partition coefficient (Wildman–Crippen LogP) is 6.24. The highest BCUT2D eigenvalue weighted by Crippen LogP contribution is 2.33. The summed E-state index contributed by atoms with van der Waals surface area (Å²) in [5.74, 6) is 0.372. The second-order valence-corrected chi connectivity index (χ2v) is 7.51. The average molecular weight is 407 g/mol. The zero-order chi connectivity index (χ0) is 22.1. The second kappa shape index (κ2) is 11.1. The Morgan fingerprint density at radius 1 is 1.00 bits per heavy atom. The lowest BCUT2D eigenvalue weighted by Crippen LogP contribution is -2.00. The van der Waals surface area contributed by atoms with Crippen LogP contribution >= 0.6 is 0 Å². The number of aromatic hydroxyl groups is 2. The normalized spacial score (nSPS) is 11.5. The first kappa shape index (κ1) is 23.0. The first-order valence-corrected chi connectivity index (χ1v) is 10.0. The van der Waals surface area contributed by atoms with E-state index in [9.17, 15) is 15.0 Å². The number of phenols is 2. The number of methoxy groups -OCH3 is 1. The van der Waals surface area contributed by atoms with Crippen LogP contribution in [-0.4, -0.2) is 23.1 Å². The van der Waals surface area contributed by atoms with Crippen LogP contribution in [-0.2, 0) is 6.42 Å². The van der Waals surface area contributed by atoms with Crippen LogP contribution in [0.2, 0.25) is 0 Å². The van der Waals surface area contributed by atoms with Gasteiger partial charge in [-0.25, -0.2) is 0 Å². The van der Waals surface area contributed by atoms with Crippen LogP contribution in [0.15, 0.2) is 65.8 Å². The number of carbonyl (C=O) groups excluding carboxylic acids is 1. The van der Waals surface area contributed by atoms with E-state index in [0.29, 0.717) is 17.7 Å². The highest BCUT2D eigenvalue weighted by molar-refractivity contribution is 6.09. The molecule has 4 nitrogen and oxygen atoms in total. The minimum Gasteiger partial charge on any atom is -0.508 e. The van der Waals surface area contributed by atoms with Crippen molar-refractivity contribution in [1.29, 1.82) is 0 Å². The van der Waals surface area contributed by atoms with Gasteiger partial charge in [0.05, 0.1) is 12.7 Å². The summed E-state index contributed by atoms with van der Waals surface area (Å²) >= 11 is 0. The third-order valence-corrected chi connectivity index (χ3v) is 4.79. The summed E-state index contributed by atoms with van der Waals surface area (Å²) < 4.78 is 5.39. The van der Waals surface area contributed by atoms with E-state index in [1.54, 1.807) is 49.6 Å². The van der Waals surface area contributed by atoms with Crippen LogP contribution in [0.3, 0.4) is 0 Å². The van der Waals surface area contributed by atoms with Crippen molar-refractivity contribution in [1.82, 2.24) is 0 Å². The van der Waals surface area contributed by atoms with E-state index >= 15 is 0 Å². The number of ketones is 1. The molecule has 2 aromatic carbocycles. The number of rotatable bonds is 9. The largest absolute Gasteiger partial charge is 0.508 e. The number of carbonyl (C=O) groups is 1. The molecule has 0 amide bonds. The Bertz CT molecular complexity index is 959. The number of ether oxygens (including phenoxy) is 1. The molecule has 2 rings (SSSR count). The van der Waals surface area contributed by atoms with Crippen LogP contribution in [0.5, 0.6) is 17.2 Å². The van der Waals surface area contributed by atoms with Crippen molar-refractivity contribution in [3.05, 3.63) is 82.5 Å². The summed E-state index contributed by atoms with van der Waals surface area (Å²) in [7, 11) is 1.55. The maximum atomic E-state index is 12.6. The van der Waals surface area contributed by atoms with Gasteiger partial charge >= 0.3 is 0 Å². The summed E-state index contributed by atoms with van der Waals surface area (Å²) in [6, 6.07) is 9.82. The third-order valence-electron chi connectivity index (χ3n) is 4.79. The zero-order valence-corrected chi connectivity index (χ0v) is 18.1. The average Bonchev–Trinajstić information content (AvgIpc) is 2.71. The molecule has 0 spiro atoms. The third kappa shape index (κ3) is 6.66. The van der Waals surface area contributed by atoms with Gasteiger partial charge in [0.15, 0.2) is 5.78 Å². The number of benzene rings is 2. The first-order valence-electron chi connectivity index (χ1n) is 10.0. The lowest BCUT2D eigenvalue weighted by Gasteiger charge is -2.12. The molecule has 0 aliphatic heterocycles. The quantitative estimate of drug-likeness (QED) is 0.294. The molecular formula is C26H30O4. The van der Waals surface area contributed by atoms with E-state index in [1.807, 2.05) is 0 Å². The van der Waals surface area contributed by atoms with Gasteiger partial charge in [-0.3, -0.25) is 4.79 Å². The molecule has 0 atom stereocenters. The first-order chi connectivity index (χ1) is 14.3. The number of hydrogen-bond donors (Lipinski definition) is 2. The molecule has 2 aromatic rings. The Morgan fingerprint density at radius 3 is 2.33 bits per heavy atom. The fourth-order valence-corrected chi connectivity index (χ4v) is 3.02. The van der Waals surface area contributed by atoms with Crippen LogP contribution in [0, 0.1) is 0 Å². The zero-order valence-electron chi connectivity index (χ0n) is 18.1. The van der Waals surface area contributed by atoms with Gasteiger partial charge in [-0.15, -0.1) is 0 Å². The fourth-order valence-electron chi connectivity index (χ4n) is 3.02. The Labute approximate surface area is 178 Å². The second-order valence-electron chi connectivity index (χ2n) is 7.51. The SMILES string of the molecule is COc1ccc(C(=O)C=Cc2ccc(O)cc2)c(O)c1CC=C(C)CCC=C(C)C. The van der Waals surface area contributed by atoms with E-state index in [4.69, 9.17) is 4.74 Å². The molecule has 0 bridgehead atoms. The summed E-state index contributed by atoms with van der Waals surface area (Å²) in [4.78, 5) is 12.6. The van der Waals surface area contributed by atoms with Crippen molar-refractivity contribution >= 4 is 11.9 Å². The summed E-state index contributed by atoms with van der Waals surface area (Å²) in [5, 5.41) is 20.1. The van der Waals surface area contributed by atoms with Crippen LogP contribution in [0.25, 0.3) is 6.08 Å².